The van der Waals surface area contributed by atoms with E-state index in [2.05, 4.69) is 5.32 Å². The Bertz CT molecular complexity index is 1060. The third-order valence-electron chi connectivity index (χ3n) is 7.65. The number of benzene rings is 1. The van der Waals surface area contributed by atoms with E-state index in [1.54, 1.807) is 23.1 Å². The molecular weight excluding hydrogens is 462 g/mol. The van der Waals surface area contributed by atoms with Crippen LogP contribution in [-0.2, 0) is 19.2 Å². The molecule has 0 aromatic heterocycles. The molecule has 2 fully saturated rings. The minimum Gasteiger partial charge on any atom is -0.454 e. The SMILES string of the molecule is CC(C)C[C@@H](C(=O)N1CCC(C(=O)Nc2ccc3c(c2)OCO3)CC1)N1C(=O)[C@H]2CC=CC[C@@H]2C1=O. The van der Waals surface area contributed by atoms with Gasteiger partial charge in [-0.25, -0.2) is 0 Å². The van der Waals surface area contributed by atoms with Gasteiger partial charge in [-0.3, -0.25) is 24.1 Å². The Kier molecular flexibility index (Phi) is 6.73. The molecule has 1 aromatic carbocycles. The van der Waals surface area contributed by atoms with Gasteiger partial charge in [0.15, 0.2) is 11.5 Å². The van der Waals surface area contributed by atoms with E-state index in [-0.39, 0.29) is 54.1 Å². The Morgan fingerprint density at radius 2 is 1.64 bits per heavy atom. The first kappa shape index (κ1) is 24.3. The van der Waals surface area contributed by atoms with E-state index in [1.165, 1.54) is 4.90 Å². The maximum absolute atomic E-state index is 13.6. The third-order valence-corrected chi connectivity index (χ3v) is 7.65. The van der Waals surface area contributed by atoms with E-state index in [9.17, 15) is 19.2 Å². The monoisotopic (exact) mass is 495 g/mol. The molecule has 0 unspecified atom stereocenters. The number of hydrogen-bond acceptors (Lipinski definition) is 6. The summed E-state index contributed by atoms with van der Waals surface area (Å²) in [4.78, 5) is 55.8. The lowest BCUT2D eigenvalue weighted by Gasteiger charge is -2.36. The molecule has 0 bridgehead atoms. The van der Waals surface area contributed by atoms with Gasteiger partial charge in [-0.05, 0) is 50.2 Å². The Balaban J connectivity index is 1.22. The number of carbonyl (C=O) groups is 4. The van der Waals surface area contributed by atoms with Crippen LogP contribution in [-0.4, -0.2) is 59.4 Å². The molecule has 0 saturated carbocycles. The molecule has 0 radical (unpaired) electrons. The second-order valence-corrected chi connectivity index (χ2v) is 10.5. The molecule has 5 rings (SSSR count). The van der Waals surface area contributed by atoms with Crippen molar-refractivity contribution in [1.29, 1.82) is 0 Å². The standard InChI is InChI=1S/C27H33N3O6/c1-16(2)13-21(30-25(32)19-5-3-4-6-20(19)26(30)33)27(34)29-11-9-17(10-12-29)24(31)28-18-7-8-22-23(14-18)36-15-35-22/h3-4,7-8,14,16-17,19-21H,5-6,9-13,15H2,1-2H3,(H,28,31)/t19-,20-,21-/m0/s1. The first-order valence-electron chi connectivity index (χ1n) is 12.8. The van der Waals surface area contributed by atoms with Crippen LogP contribution in [0.2, 0.25) is 0 Å². The van der Waals surface area contributed by atoms with Gasteiger partial charge in [0.1, 0.15) is 6.04 Å². The van der Waals surface area contributed by atoms with E-state index >= 15 is 0 Å². The number of anilines is 1. The second kappa shape index (κ2) is 9.95. The number of fused-ring (bicyclic) bond motifs is 2. The number of piperidine rings is 1. The Labute approximate surface area is 210 Å². The summed E-state index contributed by atoms with van der Waals surface area (Å²) in [5.41, 5.74) is 0.641. The van der Waals surface area contributed by atoms with Crippen LogP contribution >= 0.6 is 0 Å². The predicted octanol–water partition coefficient (Wildman–Crippen LogP) is 2.96. The molecule has 1 N–H and O–H groups in total. The number of nitrogens with zero attached hydrogens (tertiary/aromatic N) is 2. The van der Waals surface area contributed by atoms with Crippen LogP contribution < -0.4 is 14.8 Å². The lowest BCUT2D eigenvalue weighted by Crippen LogP contribution is -2.54. The number of hydrogen-bond donors (Lipinski definition) is 1. The largest absolute Gasteiger partial charge is 0.454 e. The van der Waals surface area contributed by atoms with Crippen LogP contribution in [0.4, 0.5) is 5.69 Å². The normalized spacial score (nSPS) is 24.3. The van der Waals surface area contributed by atoms with E-state index in [0.29, 0.717) is 62.4 Å². The van der Waals surface area contributed by atoms with Crippen molar-refractivity contribution in [3.63, 3.8) is 0 Å². The average molecular weight is 496 g/mol. The molecule has 4 amide bonds. The third kappa shape index (κ3) is 4.58. The fourth-order valence-corrected chi connectivity index (χ4v) is 5.69. The quantitative estimate of drug-likeness (QED) is 0.481. The molecule has 3 aliphatic heterocycles. The van der Waals surface area contributed by atoms with Crippen molar-refractivity contribution in [1.82, 2.24) is 9.80 Å². The molecular formula is C27H33N3O6. The van der Waals surface area contributed by atoms with E-state index in [1.807, 2.05) is 26.0 Å². The first-order valence-corrected chi connectivity index (χ1v) is 12.8. The maximum Gasteiger partial charge on any atom is 0.245 e. The number of likely N-dealkylation sites (tertiary alicyclic amines) is 2. The number of nitrogens with one attached hydrogen (secondary N) is 1. The van der Waals surface area contributed by atoms with Crippen molar-refractivity contribution in [2.24, 2.45) is 23.7 Å². The van der Waals surface area contributed by atoms with Gasteiger partial charge in [0.25, 0.3) is 0 Å². The molecule has 1 aromatic rings. The zero-order valence-corrected chi connectivity index (χ0v) is 20.8. The summed E-state index contributed by atoms with van der Waals surface area (Å²) in [6, 6.07) is 4.50. The van der Waals surface area contributed by atoms with Gasteiger partial charge in [-0.15, -0.1) is 0 Å². The molecule has 9 nitrogen and oxygen atoms in total. The second-order valence-electron chi connectivity index (χ2n) is 10.5. The first-order chi connectivity index (χ1) is 17.3. The number of ether oxygens (including phenoxy) is 2. The minimum absolute atomic E-state index is 0.0961. The van der Waals surface area contributed by atoms with Crippen LogP contribution in [0.15, 0.2) is 30.4 Å². The van der Waals surface area contributed by atoms with Gasteiger partial charge in [-0.2, -0.15) is 0 Å². The van der Waals surface area contributed by atoms with Crippen molar-refractivity contribution in [2.45, 2.75) is 52.0 Å². The van der Waals surface area contributed by atoms with Crippen LogP contribution in [0.1, 0.15) is 46.0 Å². The highest BCUT2D eigenvalue weighted by atomic mass is 16.7. The lowest BCUT2D eigenvalue weighted by molar-refractivity contribution is -0.153. The van der Waals surface area contributed by atoms with Crippen molar-refractivity contribution < 1.29 is 28.7 Å². The maximum atomic E-state index is 13.6. The summed E-state index contributed by atoms with van der Waals surface area (Å²) in [6.07, 6.45) is 6.49. The molecule has 3 heterocycles. The fraction of sp³-hybridized carbons (Fsp3) is 0.556. The Hall–Kier alpha value is -3.36. The van der Waals surface area contributed by atoms with Crippen LogP contribution in [0.25, 0.3) is 0 Å². The lowest BCUT2D eigenvalue weighted by atomic mass is 9.85. The molecule has 4 aliphatic rings. The van der Waals surface area contributed by atoms with E-state index < -0.39 is 6.04 Å². The molecule has 192 valence electrons. The molecule has 0 spiro atoms. The van der Waals surface area contributed by atoms with Gasteiger partial charge in [0.2, 0.25) is 30.4 Å². The number of amides is 4. The topological polar surface area (TPSA) is 105 Å². The summed E-state index contributed by atoms with van der Waals surface area (Å²) >= 11 is 0. The molecule has 1 aliphatic carbocycles. The van der Waals surface area contributed by atoms with Crippen LogP contribution in [0.5, 0.6) is 11.5 Å². The van der Waals surface area contributed by atoms with Crippen LogP contribution in [0, 0.1) is 23.7 Å². The summed E-state index contributed by atoms with van der Waals surface area (Å²) in [5.74, 6) is -0.249. The van der Waals surface area contributed by atoms with E-state index in [0.717, 1.165) is 0 Å². The Morgan fingerprint density at radius 1 is 1.00 bits per heavy atom. The van der Waals surface area contributed by atoms with E-state index in [4.69, 9.17) is 9.47 Å². The number of allylic oxidation sites excluding steroid dienone is 2. The van der Waals surface area contributed by atoms with Gasteiger partial charge in [0, 0.05) is 30.8 Å². The molecule has 2 saturated heterocycles. The predicted molar refractivity (Wildman–Crippen MR) is 131 cm³/mol. The van der Waals surface area contributed by atoms with Gasteiger partial charge < -0.3 is 19.7 Å². The van der Waals surface area contributed by atoms with Crippen molar-refractivity contribution in [3.8, 4) is 11.5 Å². The minimum atomic E-state index is -0.783. The molecule has 9 heteroatoms. The highest BCUT2D eigenvalue weighted by Gasteiger charge is 2.51. The van der Waals surface area contributed by atoms with Gasteiger partial charge in [-0.1, -0.05) is 26.0 Å². The van der Waals surface area contributed by atoms with Gasteiger partial charge in [0.05, 0.1) is 11.8 Å². The summed E-state index contributed by atoms with van der Waals surface area (Å²) in [7, 11) is 0. The fourth-order valence-electron chi connectivity index (χ4n) is 5.69. The molecule has 3 atom stereocenters. The zero-order chi connectivity index (χ0) is 25.4. The summed E-state index contributed by atoms with van der Waals surface area (Å²) < 4.78 is 10.7. The Morgan fingerprint density at radius 3 is 2.28 bits per heavy atom. The summed E-state index contributed by atoms with van der Waals surface area (Å²) in [6.45, 7) is 4.98. The number of imide groups is 1. The smallest absolute Gasteiger partial charge is 0.245 e. The zero-order valence-electron chi connectivity index (χ0n) is 20.8. The highest BCUT2D eigenvalue weighted by molar-refractivity contribution is 6.08. The summed E-state index contributed by atoms with van der Waals surface area (Å²) in [5, 5.41) is 2.94. The van der Waals surface area contributed by atoms with Crippen LogP contribution in [0.3, 0.4) is 0 Å². The van der Waals surface area contributed by atoms with Gasteiger partial charge >= 0.3 is 0 Å². The van der Waals surface area contributed by atoms with Crippen molar-refractivity contribution in [3.05, 3.63) is 30.4 Å². The van der Waals surface area contributed by atoms with Crippen molar-refractivity contribution >= 4 is 29.3 Å². The highest BCUT2D eigenvalue weighted by Crippen LogP contribution is 2.38. The average Bonchev–Trinajstić information content (AvgIpc) is 3.44. The number of carbonyl (C=O) groups excluding carboxylic acids is 4. The molecule has 36 heavy (non-hydrogen) atoms. The number of rotatable bonds is 6. The van der Waals surface area contributed by atoms with Crippen molar-refractivity contribution in [2.75, 3.05) is 25.2 Å².